The Hall–Kier alpha value is -2.90. The fraction of sp³-hybridized carbons (Fsp3) is 0. The van der Waals surface area contributed by atoms with Crippen LogP contribution in [0, 0.1) is 10.1 Å². The van der Waals surface area contributed by atoms with E-state index in [9.17, 15) is 15.3 Å². The zero-order chi connectivity index (χ0) is 17.8. The summed E-state index contributed by atoms with van der Waals surface area (Å²) in [6.45, 7) is 0. The predicted molar refractivity (Wildman–Crippen MR) is 101 cm³/mol. The topological polar surface area (TPSA) is 78.6 Å². The number of hydrogen-bond donors (Lipinski definition) is 2. The Morgan fingerprint density at radius 2 is 1.64 bits per heavy atom. The quantitative estimate of drug-likeness (QED) is 0.429. The van der Waals surface area contributed by atoms with Crippen molar-refractivity contribution in [3.05, 3.63) is 87.4 Å². The van der Waals surface area contributed by atoms with Gasteiger partial charge in [0.05, 0.1) is 16.3 Å². The number of para-hydroxylation sites is 3. The van der Waals surface area contributed by atoms with Gasteiger partial charge in [0.15, 0.2) is 0 Å². The first-order valence-electron chi connectivity index (χ1n) is 7.40. The zero-order valence-electron chi connectivity index (χ0n) is 13.0. The Morgan fingerprint density at radius 1 is 0.960 bits per heavy atom. The average molecular weight is 400 g/mol. The van der Waals surface area contributed by atoms with Crippen molar-refractivity contribution in [2.75, 3.05) is 10.4 Å². The van der Waals surface area contributed by atoms with Gasteiger partial charge in [-0.2, -0.15) is 0 Å². The van der Waals surface area contributed by atoms with Crippen LogP contribution in [0.15, 0.2) is 77.3 Å². The molecule has 0 aliphatic heterocycles. The Bertz CT molecular complexity index is 903. The molecule has 0 bridgehead atoms. The van der Waals surface area contributed by atoms with Gasteiger partial charge in [0, 0.05) is 16.2 Å². The van der Waals surface area contributed by atoms with Gasteiger partial charge in [0.2, 0.25) is 0 Å². The van der Waals surface area contributed by atoms with Crippen LogP contribution in [-0.4, -0.2) is 10.1 Å². The normalized spacial score (nSPS) is 10.3. The molecule has 3 aromatic rings. The minimum Gasteiger partial charge on any atom is -0.354 e. The van der Waals surface area contributed by atoms with Gasteiger partial charge in [0.25, 0.3) is 5.69 Å². The molecule has 0 aliphatic rings. The number of nitrogens with zero attached hydrogens (tertiary/aromatic N) is 2. The molecule has 126 valence electrons. The lowest BCUT2D eigenvalue weighted by Crippen LogP contribution is -2.14. The Balaban J connectivity index is 2.03. The molecule has 0 heterocycles. The third-order valence-electron chi connectivity index (χ3n) is 3.55. The van der Waals surface area contributed by atoms with Crippen molar-refractivity contribution < 1.29 is 10.1 Å². The van der Waals surface area contributed by atoms with Crippen LogP contribution in [0.25, 0.3) is 0 Å². The standard InChI is InChI=1S/C18H14BrN3O3/c19-13-10-11-17(22(24)25)18(12-13)21(23)16-9-5-4-8-15(16)20-14-6-2-1-3-7-14/h1-12,20,23H. The minimum atomic E-state index is -0.530. The van der Waals surface area contributed by atoms with Gasteiger partial charge in [-0.25, -0.2) is 5.06 Å². The molecule has 0 saturated carbocycles. The van der Waals surface area contributed by atoms with E-state index in [0.717, 1.165) is 10.8 Å². The fourth-order valence-corrected chi connectivity index (χ4v) is 2.74. The van der Waals surface area contributed by atoms with E-state index in [2.05, 4.69) is 21.2 Å². The predicted octanol–water partition coefficient (Wildman–Crippen LogP) is 5.63. The summed E-state index contributed by atoms with van der Waals surface area (Å²) in [5.41, 5.74) is 1.73. The van der Waals surface area contributed by atoms with E-state index in [-0.39, 0.29) is 11.4 Å². The summed E-state index contributed by atoms with van der Waals surface area (Å²) >= 11 is 3.28. The smallest absolute Gasteiger partial charge is 0.295 e. The summed E-state index contributed by atoms with van der Waals surface area (Å²) in [6, 6.07) is 20.9. The van der Waals surface area contributed by atoms with Crippen molar-refractivity contribution in [3.63, 3.8) is 0 Å². The van der Waals surface area contributed by atoms with Gasteiger partial charge in [-0.05, 0) is 36.4 Å². The van der Waals surface area contributed by atoms with Gasteiger partial charge in [-0.15, -0.1) is 0 Å². The Morgan fingerprint density at radius 3 is 2.36 bits per heavy atom. The van der Waals surface area contributed by atoms with Gasteiger partial charge in [0.1, 0.15) is 5.69 Å². The maximum atomic E-state index is 11.3. The molecule has 0 radical (unpaired) electrons. The number of rotatable bonds is 5. The molecule has 0 aromatic heterocycles. The molecular formula is C18H14BrN3O3. The minimum absolute atomic E-state index is 0.0710. The number of nitrogens with one attached hydrogen (secondary N) is 1. The highest BCUT2D eigenvalue weighted by Gasteiger charge is 2.21. The van der Waals surface area contributed by atoms with Crippen molar-refractivity contribution in [3.8, 4) is 0 Å². The molecule has 0 fully saturated rings. The van der Waals surface area contributed by atoms with Crippen molar-refractivity contribution in [1.82, 2.24) is 0 Å². The summed E-state index contributed by atoms with van der Waals surface area (Å²) in [5.74, 6) is 0. The lowest BCUT2D eigenvalue weighted by Gasteiger charge is -2.21. The molecule has 3 aromatic carbocycles. The lowest BCUT2D eigenvalue weighted by atomic mass is 10.2. The third-order valence-corrected chi connectivity index (χ3v) is 4.04. The highest BCUT2D eigenvalue weighted by molar-refractivity contribution is 9.10. The number of benzene rings is 3. The summed E-state index contributed by atoms with van der Waals surface area (Å²) < 4.78 is 0.626. The maximum absolute atomic E-state index is 11.3. The van der Waals surface area contributed by atoms with Gasteiger partial charge >= 0.3 is 0 Å². The molecule has 0 amide bonds. The number of nitro benzene ring substituents is 1. The van der Waals surface area contributed by atoms with E-state index >= 15 is 0 Å². The first-order chi connectivity index (χ1) is 12.1. The Labute approximate surface area is 152 Å². The molecule has 2 N–H and O–H groups in total. The summed E-state index contributed by atoms with van der Waals surface area (Å²) in [4.78, 5) is 10.8. The van der Waals surface area contributed by atoms with Crippen molar-refractivity contribution in [2.45, 2.75) is 0 Å². The number of nitro groups is 1. The van der Waals surface area contributed by atoms with Crippen molar-refractivity contribution in [1.29, 1.82) is 0 Å². The molecule has 3 rings (SSSR count). The van der Waals surface area contributed by atoms with Gasteiger partial charge in [-0.3, -0.25) is 15.3 Å². The van der Waals surface area contributed by atoms with Crippen LogP contribution in [0.1, 0.15) is 0 Å². The van der Waals surface area contributed by atoms with Crippen molar-refractivity contribution in [2.24, 2.45) is 0 Å². The van der Waals surface area contributed by atoms with E-state index in [1.807, 2.05) is 36.4 Å². The van der Waals surface area contributed by atoms with E-state index in [1.54, 1.807) is 24.3 Å². The molecule has 0 unspecified atom stereocenters. The fourth-order valence-electron chi connectivity index (χ4n) is 2.39. The van der Waals surface area contributed by atoms with Crippen LogP contribution in [0.3, 0.4) is 0 Å². The van der Waals surface area contributed by atoms with Crippen LogP contribution in [0.2, 0.25) is 0 Å². The molecule has 0 aliphatic carbocycles. The van der Waals surface area contributed by atoms with Gasteiger partial charge in [-0.1, -0.05) is 46.3 Å². The summed E-state index contributed by atoms with van der Waals surface area (Å²) in [5, 5.41) is 26.0. The first kappa shape index (κ1) is 16.9. The van der Waals surface area contributed by atoms with Crippen LogP contribution >= 0.6 is 15.9 Å². The maximum Gasteiger partial charge on any atom is 0.295 e. The van der Waals surface area contributed by atoms with Crippen LogP contribution in [0.4, 0.5) is 28.4 Å². The summed E-state index contributed by atoms with van der Waals surface area (Å²) in [6.07, 6.45) is 0. The SMILES string of the molecule is O=[N+]([O-])c1ccc(Br)cc1N(O)c1ccccc1Nc1ccccc1. The molecule has 7 heteroatoms. The Kier molecular flexibility index (Phi) is 4.97. The number of hydrogen-bond acceptors (Lipinski definition) is 5. The molecular weight excluding hydrogens is 386 g/mol. The second-order valence-electron chi connectivity index (χ2n) is 5.21. The van der Waals surface area contributed by atoms with Gasteiger partial charge < -0.3 is 5.32 Å². The number of halogens is 1. The van der Waals surface area contributed by atoms with Crippen LogP contribution in [0.5, 0.6) is 0 Å². The highest BCUT2D eigenvalue weighted by atomic mass is 79.9. The lowest BCUT2D eigenvalue weighted by molar-refractivity contribution is -0.384. The molecule has 25 heavy (non-hydrogen) atoms. The van der Waals surface area contributed by atoms with Crippen LogP contribution in [-0.2, 0) is 0 Å². The van der Waals surface area contributed by atoms with E-state index in [1.165, 1.54) is 12.1 Å². The van der Waals surface area contributed by atoms with Crippen LogP contribution < -0.4 is 10.4 Å². The molecule has 6 nitrogen and oxygen atoms in total. The van der Waals surface area contributed by atoms with E-state index < -0.39 is 4.92 Å². The monoisotopic (exact) mass is 399 g/mol. The number of anilines is 4. The molecule has 0 spiro atoms. The second kappa shape index (κ2) is 7.33. The zero-order valence-corrected chi connectivity index (χ0v) is 14.6. The summed E-state index contributed by atoms with van der Waals surface area (Å²) in [7, 11) is 0. The van der Waals surface area contributed by atoms with E-state index in [4.69, 9.17) is 0 Å². The average Bonchev–Trinajstić information content (AvgIpc) is 2.62. The molecule has 0 atom stereocenters. The van der Waals surface area contributed by atoms with E-state index in [0.29, 0.717) is 15.8 Å². The highest BCUT2D eigenvalue weighted by Crippen LogP contribution is 2.38. The first-order valence-corrected chi connectivity index (χ1v) is 8.19. The third kappa shape index (κ3) is 3.78. The largest absolute Gasteiger partial charge is 0.354 e. The van der Waals surface area contributed by atoms with Crippen molar-refractivity contribution >= 4 is 44.4 Å². The second-order valence-corrected chi connectivity index (χ2v) is 6.13. The molecule has 0 saturated heterocycles.